The molecular weight excluding hydrogens is 196 g/mol. The first-order chi connectivity index (χ1) is 7.74. The van der Waals surface area contributed by atoms with Crippen LogP contribution in [-0.2, 0) is 0 Å². The van der Waals surface area contributed by atoms with Gasteiger partial charge in [-0.05, 0) is 37.4 Å². The highest BCUT2D eigenvalue weighted by atomic mass is 14.9. The third kappa shape index (κ3) is 4.75. The van der Waals surface area contributed by atoms with Gasteiger partial charge in [-0.2, -0.15) is 0 Å². The summed E-state index contributed by atoms with van der Waals surface area (Å²) in [5, 5.41) is 3.61. The minimum Gasteiger partial charge on any atom is -0.309 e. The fourth-order valence-corrected chi connectivity index (χ4v) is 1.77. The molecule has 1 N–H and O–H groups in total. The Morgan fingerprint density at radius 2 is 2.06 bits per heavy atom. The minimum absolute atomic E-state index is 0.421. The van der Waals surface area contributed by atoms with Gasteiger partial charge >= 0.3 is 0 Å². The van der Waals surface area contributed by atoms with Gasteiger partial charge in [0, 0.05) is 12.2 Å². The van der Waals surface area contributed by atoms with E-state index >= 15 is 0 Å². The van der Waals surface area contributed by atoms with Gasteiger partial charge in [0.15, 0.2) is 0 Å². The zero-order valence-electron chi connectivity index (χ0n) is 10.7. The van der Waals surface area contributed by atoms with Crippen LogP contribution in [0.5, 0.6) is 0 Å². The summed E-state index contributed by atoms with van der Waals surface area (Å²) in [5.41, 5.74) is 1.17. The molecule has 0 amide bonds. The molecule has 0 aliphatic carbocycles. The molecule has 1 rings (SSSR count). The fourth-order valence-electron chi connectivity index (χ4n) is 1.77. The quantitative estimate of drug-likeness (QED) is 0.760. The van der Waals surface area contributed by atoms with E-state index in [1.54, 1.807) is 0 Å². The Morgan fingerprint density at radius 1 is 1.25 bits per heavy atom. The van der Waals surface area contributed by atoms with Crippen LogP contribution in [0.25, 0.3) is 0 Å². The summed E-state index contributed by atoms with van der Waals surface area (Å²) < 4.78 is 0. The molecule has 1 heterocycles. The lowest BCUT2D eigenvalue weighted by Crippen LogP contribution is -2.24. The zero-order chi connectivity index (χ0) is 11.8. The predicted octanol–water partition coefficient (Wildman–Crippen LogP) is 3.56. The van der Waals surface area contributed by atoms with Crippen LogP contribution >= 0.6 is 0 Å². The van der Waals surface area contributed by atoms with E-state index in [2.05, 4.69) is 43.2 Å². The molecule has 0 spiro atoms. The lowest BCUT2D eigenvalue weighted by Gasteiger charge is -2.18. The van der Waals surface area contributed by atoms with Gasteiger partial charge in [0.25, 0.3) is 0 Å². The van der Waals surface area contributed by atoms with E-state index < -0.39 is 0 Å². The average Bonchev–Trinajstić information content (AvgIpc) is 2.29. The lowest BCUT2D eigenvalue weighted by molar-refractivity contribution is 0.449. The summed E-state index contributed by atoms with van der Waals surface area (Å²) in [6.07, 6.45) is 5.46. The number of nitrogens with zero attached hydrogens (tertiary/aromatic N) is 1. The molecule has 0 aromatic carbocycles. The van der Waals surface area contributed by atoms with Crippen LogP contribution in [0.15, 0.2) is 24.4 Å². The summed E-state index contributed by atoms with van der Waals surface area (Å²) in [5.74, 6) is 0.763. The van der Waals surface area contributed by atoms with E-state index in [4.69, 9.17) is 0 Å². The first-order valence-electron chi connectivity index (χ1n) is 6.38. The van der Waals surface area contributed by atoms with E-state index in [1.807, 2.05) is 12.3 Å². The number of hydrogen-bond donors (Lipinski definition) is 1. The Bertz CT molecular complexity index is 269. The number of aromatic nitrogens is 1. The van der Waals surface area contributed by atoms with Crippen molar-refractivity contribution in [2.45, 2.75) is 46.1 Å². The van der Waals surface area contributed by atoms with Gasteiger partial charge in [0.1, 0.15) is 0 Å². The first kappa shape index (κ1) is 13.2. The van der Waals surface area contributed by atoms with Crippen LogP contribution in [-0.4, -0.2) is 11.5 Å². The van der Waals surface area contributed by atoms with Gasteiger partial charge in [0.2, 0.25) is 0 Å². The van der Waals surface area contributed by atoms with Crippen molar-refractivity contribution in [1.82, 2.24) is 10.3 Å². The van der Waals surface area contributed by atoms with Crippen molar-refractivity contribution < 1.29 is 0 Å². The second-order valence-corrected chi connectivity index (χ2v) is 4.73. The van der Waals surface area contributed by atoms with Crippen LogP contribution < -0.4 is 5.32 Å². The smallest absolute Gasteiger partial charge is 0.0573 e. The summed E-state index contributed by atoms with van der Waals surface area (Å²) in [6, 6.07) is 6.57. The molecule has 0 saturated heterocycles. The largest absolute Gasteiger partial charge is 0.309 e. The minimum atomic E-state index is 0.421. The number of nitrogens with one attached hydrogen (secondary N) is 1. The Balaban J connectivity index is 2.48. The third-order valence-corrected chi connectivity index (χ3v) is 2.73. The van der Waals surface area contributed by atoms with Gasteiger partial charge in [-0.3, -0.25) is 4.98 Å². The van der Waals surface area contributed by atoms with Crippen LogP contribution in [0, 0.1) is 5.92 Å². The maximum absolute atomic E-state index is 4.43. The SMILES string of the molecule is CCCC(NCCC(C)C)c1ccccn1. The Hall–Kier alpha value is -0.890. The molecule has 2 heteroatoms. The Morgan fingerprint density at radius 3 is 2.62 bits per heavy atom. The third-order valence-electron chi connectivity index (χ3n) is 2.73. The topological polar surface area (TPSA) is 24.9 Å². The summed E-state index contributed by atoms with van der Waals surface area (Å²) in [4.78, 5) is 4.43. The second-order valence-electron chi connectivity index (χ2n) is 4.73. The van der Waals surface area contributed by atoms with Crippen molar-refractivity contribution in [2.75, 3.05) is 6.54 Å². The van der Waals surface area contributed by atoms with E-state index in [0.717, 1.165) is 18.9 Å². The molecule has 1 aromatic rings. The molecule has 90 valence electrons. The normalized spacial score (nSPS) is 13.0. The van der Waals surface area contributed by atoms with Gasteiger partial charge in [0.05, 0.1) is 5.69 Å². The average molecular weight is 220 g/mol. The number of hydrogen-bond acceptors (Lipinski definition) is 2. The van der Waals surface area contributed by atoms with E-state index in [-0.39, 0.29) is 0 Å². The van der Waals surface area contributed by atoms with Crippen molar-refractivity contribution >= 4 is 0 Å². The highest BCUT2D eigenvalue weighted by molar-refractivity contribution is 5.08. The second kappa shape index (κ2) is 7.39. The Kier molecular flexibility index (Phi) is 6.09. The Labute approximate surface area is 99.5 Å². The van der Waals surface area contributed by atoms with E-state index in [9.17, 15) is 0 Å². The number of rotatable bonds is 7. The van der Waals surface area contributed by atoms with Gasteiger partial charge in [-0.15, -0.1) is 0 Å². The molecule has 0 fully saturated rings. The van der Waals surface area contributed by atoms with Crippen LogP contribution in [0.3, 0.4) is 0 Å². The highest BCUT2D eigenvalue weighted by Crippen LogP contribution is 2.15. The van der Waals surface area contributed by atoms with Crippen LogP contribution in [0.2, 0.25) is 0 Å². The molecule has 0 bridgehead atoms. The molecule has 0 aliphatic rings. The van der Waals surface area contributed by atoms with E-state index in [0.29, 0.717) is 6.04 Å². The van der Waals surface area contributed by atoms with Gasteiger partial charge in [-0.1, -0.05) is 33.3 Å². The van der Waals surface area contributed by atoms with E-state index in [1.165, 1.54) is 18.5 Å². The van der Waals surface area contributed by atoms with Crippen molar-refractivity contribution in [2.24, 2.45) is 5.92 Å². The summed E-state index contributed by atoms with van der Waals surface area (Å²) >= 11 is 0. The molecule has 2 nitrogen and oxygen atoms in total. The first-order valence-corrected chi connectivity index (χ1v) is 6.38. The molecule has 1 atom stereocenters. The standard InChI is InChI=1S/C14H24N2/c1-4-7-13(16-11-9-12(2)3)14-8-5-6-10-15-14/h5-6,8,10,12-13,16H,4,7,9,11H2,1-3H3. The summed E-state index contributed by atoms with van der Waals surface area (Å²) in [7, 11) is 0. The van der Waals surface area contributed by atoms with Crippen molar-refractivity contribution in [1.29, 1.82) is 0 Å². The summed E-state index contributed by atoms with van der Waals surface area (Å²) in [6.45, 7) is 7.83. The molecule has 1 unspecified atom stereocenters. The van der Waals surface area contributed by atoms with Crippen LogP contribution in [0.4, 0.5) is 0 Å². The zero-order valence-corrected chi connectivity index (χ0v) is 10.7. The fraction of sp³-hybridized carbons (Fsp3) is 0.643. The maximum atomic E-state index is 4.43. The van der Waals surface area contributed by atoms with Crippen LogP contribution in [0.1, 0.15) is 51.8 Å². The van der Waals surface area contributed by atoms with Crippen molar-refractivity contribution in [3.63, 3.8) is 0 Å². The molecule has 16 heavy (non-hydrogen) atoms. The molecule has 0 saturated carbocycles. The molecule has 0 radical (unpaired) electrons. The van der Waals surface area contributed by atoms with Gasteiger partial charge in [-0.25, -0.2) is 0 Å². The highest BCUT2D eigenvalue weighted by Gasteiger charge is 2.10. The van der Waals surface area contributed by atoms with Crippen molar-refractivity contribution in [3.8, 4) is 0 Å². The lowest BCUT2D eigenvalue weighted by atomic mass is 10.1. The molecule has 1 aromatic heterocycles. The maximum Gasteiger partial charge on any atom is 0.0573 e. The van der Waals surface area contributed by atoms with Crippen molar-refractivity contribution in [3.05, 3.63) is 30.1 Å². The molecule has 0 aliphatic heterocycles. The number of pyridine rings is 1. The molecular formula is C14H24N2. The van der Waals surface area contributed by atoms with Gasteiger partial charge < -0.3 is 5.32 Å². The monoisotopic (exact) mass is 220 g/mol. The predicted molar refractivity (Wildman–Crippen MR) is 69.3 cm³/mol.